The molecular weight excluding hydrogens is 260 g/mol. The van der Waals surface area contributed by atoms with E-state index in [4.69, 9.17) is 4.74 Å². The summed E-state index contributed by atoms with van der Waals surface area (Å²) in [4.78, 5) is 12.3. The second kappa shape index (κ2) is 5.96. The van der Waals surface area contributed by atoms with E-state index >= 15 is 0 Å². The second-order valence-corrected chi connectivity index (χ2v) is 5.21. The molecule has 2 aromatic rings. The highest BCUT2D eigenvalue weighted by molar-refractivity contribution is 6.28. The molecule has 21 heavy (non-hydrogen) atoms. The van der Waals surface area contributed by atoms with Crippen LogP contribution in [0.4, 0.5) is 0 Å². The van der Waals surface area contributed by atoms with Gasteiger partial charge in [-0.05, 0) is 30.0 Å². The number of hydrogen-bond donors (Lipinski definition) is 0. The maximum atomic E-state index is 12.3. The average Bonchev–Trinajstić information content (AvgIpc) is 2.85. The first-order chi connectivity index (χ1) is 10.3. The van der Waals surface area contributed by atoms with Crippen LogP contribution in [0.5, 0.6) is 5.75 Å². The zero-order valence-corrected chi connectivity index (χ0v) is 12.1. The molecule has 0 radical (unpaired) electrons. The Kier molecular flexibility index (Phi) is 3.87. The van der Waals surface area contributed by atoms with Gasteiger partial charge in [-0.15, -0.1) is 0 Å². The van der Waals surface area contributed by atoms with Crippen LogP contribution in [0, 0.1) is 0 Å². The molecule has 3 rings (SSSR count). The summed E-state index contributed by atoms with van der Waals surface area (Å²) >= 11 is 0. The van der Waals surface area contributed by atoms with Crippen LogP contribution in [0.15, 0.2) is 54.6 Å². The van der Waals surface area contributed by atoms with E-state index in [0.717, 1.165) is 41.5 Å². The largest absolute Gasteiger partial charge is 0.422 e. The molecule has 0 aromatic heterocycles. The fourth-order valence-corrected chi connectivity index (χ4v) is 2.72. The van der Waals surface area contributed by atoms with Gasteiger partial charge in [-0.25, -0.2) is 4.79 Å². The Labute approximate surface area is 125 Å². The normalized spacial score (nSPS) is 15.6. The Morgan fingerprint density at radius 2 is 1.71 bits per heavy atom. The molecule has 0 unspecified atom stereocenters. The lowest BCUT2D eigenvalue weighted by Crippen LogP contribution is -2.03. The lowest BCUT2D eigenvalue weighted by atomic mass is 9.92. The maximum absolute atomic E-state index is 12.3. The molecule has 1 heterocycles. The topological polar surface area (TPSA) is 26.3 Å². The lowest BCUT2D eigenvalue weighted by molar-refractivity contribution is -0.126. The maximum Gasteiger partial charge on any atom is 0.344 e. The zero-order valence-electron chi connectivity index (χ0n) is 12.1. The second-order valence-electron chi connectivity index (χ2n) is 5.21. The van der Waals surface area contributed by atoms with Crippen molar-refractivity contribution >= 4 is 17.1 Å². The van der Waals surface area contributed by atoms with Crippen molar-refractivity contribution in [3.05, 3.63) is 65.7 Å². The number of allylic oxidation sites excluding steroid dienone is 1. The van der Waals surface area contributed by atoms with Crippen LogP contribution in [-0.2, 0) is 4.79 Å². The van der Waals surface area contributed by atoms with Crippen molar-refractivity contribution in [3.63, 3.8) is 0 Å². The van der Waals surface area contributed by atoms with Crippen LogP contribution < -0.4 is 4.74 Å². The minimum Gasteiger partial charge on any atom is -0.422 e. The van der Waals surface area contributed by atoms with Crippen molar-refractivity contribution in [3.8, 4) is 5.75 Å². The highest BCUT2D eigenvalue weighted by atomic mass is 16.5. The van der Waals surface area contributed by atoms with Gasteiger partial charge in [-0.3, -0.25) is 0 Å². The smallest absolute Gasteiger partial charge is 0.344 e. The molecule has 2 nitrogen and oxygen atoms in total. The molecule has 0 N–H and O–H groups in total. The van der Waals surface area contributed by atoms with Crippen LogP contribution in [0.2, 0.25) is 0 Å². The van der Waals surface area contributed by atoms with Crippen LogP contribution in [0.3, 0.4) is 0 Å². The van der Waals surface area contributed by atoms with Gasteiger partial charge in [0.05, 0.1) is 5.57 Å². The minimum atomic E-state index is -0.230. The fourth-order valence-electron chi connectivity index (χ4n) is 2.72. The molecule has 1 aliphatic rings. The van der Waals surface area contributed by atoms with E-state index in [1.807, 2.05) is 42.5 Å². The van der Waals surface area contributed by atoms with Gasteiger partial charge in [0.25, 0.3) is 0 Å². The third-order valence-corrected chi connectivity index (χ3v) is 3.77. The first kappa shape index (κ1) is 13.6. The number of hydrogen-bond acceptors (Lipinski definition) is 2. The average molecular weight is 278 g/mol. The first-order valence-electron chi connectivity index (χ1n) is 7.41. The number of benzene rings is 2. The van der Waals surface area contributed by atoms with Crippen molar-refractivity contribution < 1.29 is 9.53 Å². The van der Waals surface area contributed by atoms with Crippen molar-refractivity contribution in [2.24, 2.45) is 0 Å². The number of carbonyl (C=O) groups is 1. The summed E-state index contributed by atoms with van der Waals surface area (Å²) in [6, 6.07) is 17.8. The summed E-state index contributed by atoms with van der Waals surface area (Å²) in [5.41, 5.74) is 3.84. The summed E-state index contributed by atoms with van der Waals surface area (Å²) in [6.07, 6.45) is 3.04. The predicted molar refractivity (Wildman–Crippen MR) is 84.9 cm³/mol. The summed E-state index contributed by atoms with van der Waals surface area (Å²) in [5, 5.41) is 0. The lowest BCUT2D eigenvalue weighted by Gasteiger charge is -2.10. The Morgan fingerprint density at radius 3 is 2.48 bits per heavy atom. The van der Waals surface area contributed by atoms with Gasteiger partial charge in [0.15, 0.2) is 0 Å². The van der Waals surface area contributed by atoms with E-state index in [1.165, 1.54) is 0 Å². The molecule has 106 valence electrons. The highest BCUT2D eigenvalue weighted by Crippen LogP contribution is 2.40. The quantitative estimate of drug-likeness (QED) is 0.460. The molecule has 0 atom stereocenters. The van der Waals surface area contributed by atoms with Crippen molar-refractivity contribution in [2.75, 3.05) is 0 Å². The van der Waals surface area contributed by atoms with Gasteiger partial charge in [0.1, 0.15) is 5.75 Å². The molecule has 2 heteroatoms. The standard InChI is InChI=1S/C19H18O2/c1-2-3-11-15(14-9-5-4-6-10-14)18-16-12-7-8-13-17(16)21-19(18)20/h4-10,12-13H,2-3,11H2,1H3/b18-15+. The predicted octanol–water partition coefficient (Wildman–Crippen LogP) is 4.71. The number of carbonyl (C=O) groups excluding carboxylic acids is 1. The molecule has 2 aromatic carbocycles. The molecule has 0 spiro atoms. The van der Waals surface area contributed by atoms with Gasteiger partial charge in [-0.1, -0.05) is 61.9 Å². The van der Waals surface area contributed by atoms with E-state index in [1.54, 1.807) is 0 Å². The summed E-state index contributed by atoms with van der Waals surface area (Å²) in [7, 11) is 0. The van der Waals surface area contributed by atoms with Gasteiger partial charge in [-0.2, -0.15) is 0 Å². The van der Waals surface area contributed by atoms with E-state index in [0.29, 0.717) is 5.75 Å². The van der Waals surface area contributed by atoms with Crippen LogP contribution in [-0.4, -0.2) is 5.97 Å². The third kappa shape index (κ3) is 2.62. The van der Waals surface area contributed by atoms with Crippen molar-refractivity contribution in [1.29, 1.82) is 0 Å². The molecule has 1 aliphatic heterocycles. The van der Waals surface area contributed by atoms with Crippen molar-refractivity contribution in [2.45, 2.75) is 26.2 Å². The van der Waals surface area contributed by atoms with Gasteiger partial charge >= 0.3 is 5.97 Å². The third-order valence-electron chi connectivity index (χ3n) is 3.77. The van der Waals surface area contributed by atoms with E-state index in [-0.39, 0.29) is 5.97 Å². The number of para-hydroxylation sites is 1. The van der Waals surface area contributed by atoms with Crippen molar-refractivity contribution in [1.82, 2.24) is 0 Å². The molecular formula is C19H18O2. The van der Waals surface area contributed by atoms with E-state index < -0.39 is 0 Å². The molecule has 0 bridgehead atoms. The number of ether oxygens (including phenoxy) is 1. The Bertz CT molecular complexity index is 684. The van der Waals surface area contributed by atoms with Gasteiger partial charge in [0, 0.05) is 5.56 Å². The monoisotopic (exact) mass is 278 g/mol. The SMILES string of the molecule is CCCC/C(=C1\C(=O)Oc2ccccc21)c1ccccc1. The minimum absolute atomic E-state index is 0.230. The Morgan fingerprint density at radius 1 is 1.00 bits per heavy atom. The molecule has 0 saturated carbocycles. The van der Waals surface area contributed by atoms with Crippen LogP contribution >= 0.6 is 0 Å². The van der Waals surface area contributed by atoms with Gasteiger partial charge in [0.2, 0.25) is 0 Å². The number of fused-ring (bicyclic) bond motifs is 1. The summed E-state index contributed by atoms with van der Waals surface area (Å²) in [6.45, 7) is 2.16. The molecule has 0 aliphatic carbocycles. The first-order valence-corrected chi connectivity index (χ1v) is 7.41. The highest BCUT2D eigenvalue weighted by Gasteiger charge is 2.29. The molecule has 0 saturated heterocycles. The summed E-state index contributed by atoms with van der Waals surface area (Å²) in [5.74, 6) is 0.439. The number of unbranched alkanes of at least 4 members (excludes halogenated alkanes) is 1. The molecule has 0 fully saturated rings. The van der Waals surface area contributed by atoms with E-state index in [2.05, 4.69) is 19.1 Å². The number of esters is 1. The van der Waals surface area contributed by atoms with E-state index in [9.17, 15) is 4.79 Å². The molecule has 0 amide bonds. The fraction of sp³-hybridized carbons (Fsp3) is 0.211. The Balaban J connectivity index is 2.16. The Hall–Kier alpha value is -2.35. The zero-order chi connectivity index (χ0) is 14.7. The van der Waals surface area contributed by atoms with Gasteiger partial charge < -0.3 is 4.74 Å². The number of rotatable bonds is 4. The summed E-state index contributed by atoms with van der Waals surface area (Å²) < 4.78 is 5.41. The van der Waals surface area contributed by atoms with Crippen LogP contribution in [0.25, 0.3) is 11.1 Å². The van der Waals surface area contributed by atoms with Crippen LogP contribution in [0.1, 0.15) is 37.3 Å².